The van der Waals surface area contributed by atoms with Crippen LogP contribution in [-0.2, 0) is 0 Å². The average molecular weight is 284 g/mol. The van der Waals surface area contributed by atoms with Gasteiger partial charge in [-0.15, -0.1) is 0 Å². The van der Waals surface area contributed by atoms with E-state index >= 15 is 0 Å². The lowest BCUT2D eigenvalue weighted by molar-refractivity contribution is -0.384. The molecule has 1 aromatic carbocycles. The van der Waals surface area contributed by atoms with Gasteiger partial charge in [0.05, 0.1) is 37.9 Å². The molecule has 0 aliphatic heterocycles. The lowest BCUT2D eigenvalue weighted by Crippen LogP contribution is -2.29. The number of nitrogens with one attached hydrogen (secondary N) is 1. The van der Waals surface area contributed by atoms with E-state index in [0.717, 1.165) is 0 Å². The van der Waals surface area contributed by atoms with E-state index in [0.29, 0.717) is 11.4 Å². The highest BCUT2D eigenvalue weighted by Crippen LogP contribution is 2.38. The van der Waals surface area contributed by atoms with E-state index in [9.17, 15) is 15.2 Å². The molecule has 1 atom stereocenters. The van der Waals surface area contributed by atoms with Gasteiger partial charge >= 0.3 is 0 Å². The molecule has 0 saturated heterocycles. The van der Waals surface area contributed by atoms with Crippen LogP contribution >= 0.6 is 0 Å². The number of aliphatic hydroxyl groups excluding tert-OH is 1. The van der Waals surface area contributed by atoms with E-state index in [1.807, 2.05) is 13.8 Å². The van der Waals surface area contributed by atoms with E-state index in [1.165, 1.54) is 26.4 Å². The zero-order chi connectivity index (χ0) is 15.3. The van der Waals surface area contributed by atoms with E-state index in [2.05, 4.69) is 5.32 Å². The third-order valence-electron chi connectivity index (χ3n) is 3.04. The highest BCUT2D eigenvalue weighted by atomic mass is 16.6. The Labute approximate surface area is 117 Å². The van der Waals surface area contributed by atoms with Crippen LogP contribution in [-0.4, -0.2) is 36.9 Å². The average Bonchev–Trinajstić information content (AvgIpc) is 2.43. The molecule has 7 heteroatoms. The Kier molecular flexibility index (Phi) is 5.57. The second-order valence-electron chi connectivity index (χ2n) is 4.66. The first-order valence-corrected chi connectivity index (χ1v) is 6.22. The molecule has 0 amide bonds. The Morgan fingerprint density at radius 2 is 1.85 bits per heavy atom. The molecule has 0 heterocycles. The number of ether oxygens (including phenoxy) is 2. The van der Waals surface area contributed by atoms with Crippen molar-refractivity contribution in [2.45, 2.75) is 19.9 Å². The highest BCUT2D eigenvalue weighted by Gasteiger charge is 2.22. The van der Waals surface area contributed by atoms with Crippen molar-refractivity contribution >= 4 is 11.4 Å². The third-order valence-corrected chi connectivity index (χ3v) is 3.04. The summed E-state index contributed by atoms with van der Waals surface area (Å²) in [5, 5.41) is 23.4. The summed E-state index contributed by atoms with van der Waals surface area (Å²) in [6.45, 7) is 3.71. The van der Waals surface area contributed by atoms with Crippen LogP contribution in [0, 0.1) is 16.0 Å². The largest absolute Gasteiger partial charge is 0.493 e. The van der Waals surface area contributed by atoms with Gasteiger partial charge in [-0.2, -0.15) is 0 Å². The molecule has 0 fully saturated rings. The van der Waals surface area contributed by atoms with Gasteiger partial charge in [-0.25, -0.2) is 0 Å². The number of nitrogens with zero attached hydrogens (tertiary/aromatic N) is 1. The van der Waals surface area contributed by atoms with Gasteiger partial charge in [0.25, 0.3) is 5.69 Å². The monoisotopic (exact) mass is 284 g/mol. The van der Waals surface area contributed by atoms with Crippen molar-refractivity contribution in [2.24, 2.45) is 5.92 Å². The number of nitro benzene ring substituents is 1. The molecular formula is C13H20N2O5. The van der Waals surface area contributed by atoms with Crippen molar-refractivity contribution < 1.29 is 19.5 Å². The molecule has 0 aromatic heterocycles. The second-order valence-corrected chi connectivity index (χ2v) is 4.66. The van der Waals surface area contributed by atoms with Gasteiger partial charge in [0.1, 0.15) is 5.69 Å². The van der Waals surface area contributed by atoms with Gasteiger partial charge in [-0.1, -0.05) is 13.8 Å². The van der Waals surface area contributed by atoms with E-state index in [-0.39, 0.29) is 30.0 Å². The molecule has 2 N–H and O–H groups in total. The Bertz CT molecular complexity index is 476. The molecule has 0 unspecified atom stereocenters. The predicted octanol–water partition coefficient (Wildman–Crippen LogP) is 2.04. The maximum atomic E-state index is 11.1. The number of hydrogen-bond donors (Lipinski definition) is 2. The van der Waals surface area contributed by atoms with Gasteiger partial charge in [-0.3, -0.25) is 10.1 Å². The van der Waals surface area contributed by atoms with Crippen molar-refractivity contribution in [3.8, 4) is 11.5 Å². The first kappa shape index (κ1) is 16.0. The first-order chi connectivity index (χ1) is 9.44. The fraction of sp³-hybridized carbons (Fsp3) is 0.538. The minimum Gasteiger partial charge on any atom is -0.493 e. The van der Waals surface area contributed by atoms with Crippen LogP contribution in [0.3, 0.4) is 0 Å². The highest BCUT2D eigenvalue weighted by molar-refractivity contribution is 5.68. The Morgan fingerprint density at radius 1 is 1.30 bits per heavy atom. The quantitative estimate of drug-likeness (QED) is 0.588. The fourth-order valence-corrected chi connectivity index (χ4v) is 1.76. The Morgan fingerprint density at radius 3 is 2.25 bits per heavy atom. The summed E-state index contributed by atoms with van der Waals surface area (Å²) in [6, 6.07) is 2.52. The number of anilines is 1. The summed E-state index contributed by atoms with van der Waals surface area (Å²) in [6.07, 6.45) is 0. The van der Waals surface area contributed by atoms with Crippen LogP contribution < -0.4 is 14.8 Å². The van der Waals surface area contributed by atoms with Crippen LogP contribution in [0.2, 0.25) is 0 Å². The molecule has 1 aromatic rings. The van der Waals surface area contributed by atoms with Crippen molar-refractivity contribution in [1.29, 1.82) is 0 Å². The van der Waals surface area contributed by atoms with Crippen LogP contribution in [0.5, 0.6) is 11.5 Å². The molecule has 0 aliphatic carbocycles. The van der Waals surface area contributed by atoms with Crippen molar-refractivity contribution in [3.05, 3.63) is 22.2 Å². The Hall–Kier alpha value is -2.02. The number of methoxy groups -OCH3 is 2. The minimum absolute atomic E-state index is 0.118. The van der Waals surface area contributed by atoms with E-state index < -0.39 is 4.92 Å². The molecule has 0 radical (unpaired) electrons. The zero-order valence-electron chi connectivity index (χ0n) is 12.0. The summed E-state index contributed by atoms with van der Waals surface area (Å²) in [5.74, 6) is 0.795. The van der Waals surface area contributed by atoms with Crippen LogP contribution in [0.25, 0.3) is 0 Å². The van der Waals surface area contributed by atoms with Gasteiger partial charge in [0.2, 0.25) is 0 Å². The smallest absolute Gasteiger partial charge is 0.296 e. The first-order valence-electron chi connectivity index (χ1n) is 6.22. The van der Waals surface area contributed by atoms with Crippen LogP contribution in [0.1, 0.15) is 13.8 Å². The molecule has 0 aliphatic rings. The van der Waals surface area contributed by atoms with Crippen LogP contribution in [0.15, 0.2) is 12.1 Å². The third kappa shape index (κ3) is 3.51. The number of hydrogen-bond acceptors (Lipinski definition) is 6. The van der Waals surface area contributed by atoms with Crippen molar-refractivity contribution in [3.63, 3.8) is 0 Å². The number of aliphatic hydroxyl groups is 1. The number of rotatable bonds is 7. The molecule has 20 heavy (non-hydrogen) atoms. The molecule has 0 bridgehead atoms. The van der Waals surface area contributed by atoms with Gasteiger partial charge in [0, 0.05) is 6.07 Å². The van der Waals surface area contributed by atoms with Crippen molar-refractivity contribution in [1.82, 2.24) is 0 Å². The summed E-state index contributed by atoms with van der Waals surface area (Å²) < 4.78 is 10.2. The van der Waals surface area contributed by atoms with Gasteiger partial charge in [-0.05, 0) is 5.92 Å². The minimum atomic E-state index is -0.501. The zero-order valence-corrected chi connectivity index (χ0v) is 12.0. The van der Waals surface area contributed by atoms with Gasteiger partial charge in [0.15, 0.2) is 11.5 Å². The fourth-order valence-electron chi connectivity index (χ4n) is 1.76. The normalized spacial score (nSPS) is 12.1. The summed E-state index contributed by atoms with van der Waals surface area (Å²) in [4.78, 5) is 10.6. The molecule has 112 valence electrons. The molecular weight excluding hydrogens is 264 g/mol. The molecule has 0 spiro atoms. The molecule has 7 nitrogen and oxygen atoms in total. The predicted molar refractivity (Wildman–Crippen MR) is 75.5 cm³/mol. The maximum Gasteiger partial charge on any atom is 0.296 e. The van der Waals surface area contributed by atoms with Crippen molar-refractivity contribution in [2.75, 3.05) is 26.1 Å². The summed E-state index contributed by atoms with van der Waals surface area (Å²) >= 11 is 0. The standard InChI is InChI=1S/C13H20N2O5/c1-8(2)10(7-16)14-9-5-12(19-3)13(20-4)6-11(9)15(17)18/h5-6,8,10,14,16H,7H2,1-4H3/t10-/m1/s1. The Balaban J connectivity index is 3.25. The number of nitro groups is 1. The molecule has 1 rings (SSSR count). The summed E-state index contributed by atoms with van der Waals surface area (Å²) in [7, 11) is 2.87. The van der Waals surface area contributed by atoms with Gasteiger partial charge < -0.3 is 19.9 Å². The molecule has 0 saturated carbocycles. The second kappa shape index (κ2) is 6.95. The lowest BCUT2D eigenvalue weighted by Gasteiger charge is -2.21. The lowest BCUT2D eigenvalue weighted by atomic mass is 10.0. The van der Waals surface area contributed by atoms with E-state index in [4.69, 9.17) is 9.47 Å². The summed E-state index contributed by atoms with van der Waals surface area (Å²) in [5.41, 5.74) is 0.169. The SMILES string of the molecule is COc1cc(N[C@H](CO)C(C)C)c([N+](=O)[O-])cc1OC. The topological polar surface area (TPSA) is 93.9 Å². The van der Waals surface area contributed by atoms with Crippen LogP contribution in [0.4, 0.5) is 11.4 Å². The maximum absolute atomic E-state index is 11.1. The number of benzene rings is 1. The van der Waals surface area contributed by atoms with E-state index in [1.54, 1.807) is 0 Å².